The van der Waals surface area contributed by atoms with Crippen LogP contribution >= 0.6 is 0 Å². The summed E-state index contributed by atoms with van der Waals surface area (Å²) in [6.45, 7) is 0.409. The van der Waals surface area contributed by atoms with E-state index in [1.54, 1.807) is 6.07 Å². The molecule has 2 heterocycles. The first kappa shape index (κ1) is 15.9. The molecular formula is C19H19FN2O3. The van der Waals surface area contributed by atoms with E-state index < -0.39 is 6.09 Å². The SMILES string of the molecule is O=C(O)N1CC[C@@H]2[C@H]1c1cc(-c3cccc(F)c3)ccc1N[C@@H]2CO. The lowest BCUT2D eigenvalue weighted by molar-refractivity contribution is 0.127. The highest BCUT2D eigenvalue weighted by molar-refractivity contribution is 5.73. The van der Waals surface area contributed by atoms with E-state index in [0.717, 1.165) is 22.4 Å². The maximum absolute atomic E-state index is 13.5. The van der Waals surface area contributed by atoms with Crippen LogP contribution in [0.1, 0.15) is 18.0 Å². The fourth-order valence-electron chi connectivity index (χ4n) is 4.12. The number of hydrogen-bond acceptors (Lipinski definition) is 3. The number of rotatable bonds is 2. The van der Waals surface area contributed by atoms with Crippen molar-refractivity contribution in [3.05, 3.63) is 53.8 Å². The standard InChI is InChI=1S/C19H19FN2O3/c20-13-3-1-2-11(8-13)12-4-5-16-15(9-12)18-14(17(10-23)21-16)6-7-22(18)19(24)25/h1-5,8-9,14,17-18,21,23H,6-7,10H2,(H,24,25)/t14-,17+,18-/m0/s1. The van der Waals surface area contributed by atoms with E-state index in [4.69, 9.17) is 0 Å². The second-order valence-electron chi connectivity index (χ2n) is 6.62. The van der Waals surface area contributed by atoms with Gasteiger partial charge in [-0.3, -0.25) is 0 Å². The fourth-order valence-corrected chi connectivity index (χ4v) is 4.12. The van der Waals surface area contributed by atoms with E-state index in [-0.39, 0.29) is 30.4 Å². The zero-order chi connectivity index (χ0) is 17.6. The molecule has 6 heteroatoms. The number of likely N-dealkylation sites (tertiary alicyclic amines) is 1. The Morgan fingerprint density at radius 1 is 1.24 bits per heavy atom. The fraction of sp³-hybridized carbons (Fsp3) is 0.316. The van der Waals surface area contributed by atoms with E-state index in [9.17, 15) is 19.4 Å². The first-order chi connectivity index (χ1) is 12.1. The van der Waals surface area contributed by atoms with Crippen LogP contribution in [0.25, 0.3) is 11.1 Å². The number of nitrogens with zero attached hydrogens (tertiary/aromatic N) is 1. The van der Waals surface area contributed by atoms with Crippen molar-refractivity contribution in [3.8, 4) is 11.1 Å². The van der Waals surface area contributed by atoms with Crippen molar-refractivity contribution < 1.29 is 19.4 Å². The third-order valence-electron chi connectivity index (χ3n) is 5.27. The Morgan fingerprint density at radius 2 is 2.04 bits per heavy atom. The molecule has 0 bridgehead atoms. The molecule has 2 aromatic carbocycles. The lowest BCUT2D eigenvalue weighted by Crippen LogP contribution is -2.42. The maximum Gasteiger partial charge on any atom is 0.407 e. The summed E-state index contributed by atoms with van der Waals surface area (Å²) < 4.78 is 13.5. The lowest BCUT2D eigenvalue weighted by atomic mass is 9.82. The van der Waals surface area contributed by atoms with Gasteiger partial charge >= 0.3 is 6.09 Å². The Kier molecular flexibility index (Phi) is 3.84. The van der Waals surface area contributed by atoms with E-state index in [0.29, 0.717) is 13.0 Å². The first-order valence-corrected chi connectivity index (χ1v) is 8.35. The molecule has 4 rings (SSSR count). The van der Waals surface area contributed by atoms with Gasteiger partial charge in [0.05, 0.1) is 18.7 Å². The Labute approximate surface area is 144 Å². The minimum absolute atomic E-state index is 0.0244. The highest BCUT2D eigenvalue weighted by atomic mass is 19.1. The van der Waals surface area contributed by atoms with E-state index in [2.05, 4.69) is 5.32 Å². The predicted molar refractivity (Wildman–Crippen MR) is 91.9 cm³/mol. The van der Waals surface area contributed by atoms with Crippen LogP contribution in [0.2, 0.25) is 0 Å². The Balaban J connectivity index is 1.81. The molecule has 1 saturated heterocycles. The van der Waals surface area contributed by atoms with Crippen LogP contribution in [-0.2, 0) is 0 Å². The van der Waals surface area contributed by atoms with Crippen molar-refractivity contribution in [1.29, 1.82) is 0 Å². The minimum atomic E-state index is -0.951. The Bertz CT molecular complexity index is 826. The van der Waals surface area contributed by atoms with Crippen LogP contribution in [0, 0.1) is 11.7 Å². The second-order valence-corrected chi connectivity index (χ2v) is 6.62. The Hall–Kier alpha value is -2.60. The molecule has 0 radical (unpaired) electrons. The number of aliphatic hydroxyl groups excluding tert-OH is 1. The molecule has 2 aliphatic heterocycles. The van der Waals surface area contributed by atoms with Gasteiger partial charge in [0.25, 0.3) is 0 Å². The summed E-state index contributed by atoms with van der Waals surface area (Å²) in [4.78, 5) is 13.1. The summed E-state index contributed by atoms with van der Waals surface area (Å²) in [5.74, 6) is -0.282. The molecule has 0 unspecified atom stereocenters. The first-order valence-electron chi connectivity index (χ1n) is 8.35. The average Bonchev–Trinajstić information content (AvgIpc) is 3.06. The van der Waals surface area contributed by atoms with Crippen molar-refractivity contribution in [2.45, 2.75) is 18.5 Å². The van der Waals surface area contributed by atoms with Crippen molar-refractivity contribution in [1.82, 2.24) is 4.90 Å². The number of carboxylic acid groups (broad SMARTS) is 1. The van der Waals surface area contributed by atoms with Gasteiger partial charge < -0.3 is 20.4 Å². The smallest absolute Gasteiger partial charge is 0.407 e. The van der Waals surface area contributed by atoms with Crippen molar-refractivity contribution in [2.75, 3.05) is 18.5 Å². The van der Waals surface area contributed by atoms with Gasteiger partial charge in [-0.05, 0) is 47.4 Å². The third-order valence-corrected chi connectivity index (χ3v) is 5.27. The molecule has 2 aliphatic rings. The number of carbonyl (C=O) groups is 1. The number of aliphatic hydroxyl groups is 1. The summed E-state index contributed by atoms with van der Waals surface area (Å²) in [7, 11) is 0. The van der Waals surface area contributed by atoms with Gasteiger partial charge in [0.2, 0.25) is 0 Å². The number of halogens is 1. The van der Waals surface area contributed by atoms with Crippen LogP contribution < -0.4 is 5.32 Å². The minimum Gasteiger partial charge on any atom is -0.465 e. The number of hydrogen-bond donors (Lipinski definition) is 3. The molecule has 0 saturated carbocycles. The molecule has 0 aliphatic carbocycles. The predicted octanol–water partition coefficient (Wildman–Crippen LogP) is 3.32. The number of amides is 1. The van der Waals surface area contributed by atoms with Crippen molar-refractivity contribution in [3.63, 3.8) is 0 Å². The summed E-state index contributed by atoms with van der Waals surface area (Å²) >= 11 is 0. The van der Waals surface area contributed by atoms with Crippen molar-refractivity contribution >= 4 is 11.8 Å². The topological polar surface area (TPSA) is 72.8 Å². The van der Waals surface area contributed by atoms with E-state index >= 15 is 0 Å². The third kappa shape index (κ3) is 2.62. The summed E-state index contributed by atoms with van der Waals surface area (Å²) in [5.41, 5.74) is 3.31. The highest BCUT2D eigenvalue weighted by Gasteiger charge is 2.45. The van der Waals surface area contributed by atoms with Gasteiger partial charge in [-0.1, -0.05) is 18.2 Å². The molecule has 2 aromatic rings. The van der Waals surface area contributed by atoms with E-state index in [1.807, 2.05) is 24.3 Å². The normalized spacial score (nSPS) is 24.4. The summed E-state index contributed by atoms with van der Waals surface area (Å²) in [5, 5.41) is 22.6. The van der Waals surface area contributed by atoms with Gasteiger partial charge in [-0.15, -0.1) is 0 Å². The van der Waals surface area contributed by atoms with Crippen LogP contribution in [0.3, 0.4) is 0 Å². The molecular weight excluding hydrogens is 323 g/mol. The molecule has 25 heavy (non-hydrogen) atoms. The molecule has 130 valence electrons. The van der Waals surface area contributed by atoms with Crippen LogP contribution in [0.5, 0.6) is 0 Å². The van der Waals surface area contributed by atoms with Crippen LogP contribution in [0.15, 0.2) is 42.5 Å². The zero-order valence-corrected chi connectivity index (χ0v) is 13.5. The van der Waals surface area contributed by atoms with Gasteiger partial charge in [-0.25, -0.2) is 9.18 Å². The summed E-state index contributed by atoms with van der Waals surface area (Å²) in [6.07, 6.45) is -0.244. The van der Waals surface area contributed by atoms with Crippen LogP contribution in [0.4, 0.5) is 14.9 Å². The molecule has 1 fully saturated rings. The van der Waals surface area contributed by atoms with Crippen LogP contribution in [-0.4, -0.2) is 40.4 Å². The molecule has 5 nitrogen and oxygen atoms in total. The molecule has 3 atom stereocenters. The second kappa shape index (κ2) is 6.04. The number of nitrogens with one attached hydrogen (secondary N) is 1. The zero-order valence-electron chi connectivity index (χ0n) is 13.5. The van der Waals surface area contributed by atoms with Gasteiger partial charge in [0.15, 0.2) is 0 Å². The van der Waals surface area contributed by atoms with Gasteiger partial charge in [0, 0.05) is 18.2 Å². The van der Waals surface area contributed by atoms with Gasteiger partial charge in [0.1, 0.15) is 5.82 Å². The average molecular weight is 342 g/mol. The highest BCUT2D eigenvalue weighted by Crippen LogP contribution is 2.47. The lowest BCUT2D eigenvalue weighted by Gasteiger charge is -2.38. The monoisotopic (exact) mass is 342 g/mol. The molecule has 3 N–H and O–H groups in total. The number of benzene rings is 2. The maximum atomic E-state index is 13.5. The Morgan fingerprint density at radius 3 is 2.76 bits per heavy atom. The van der Waals surface area contributed by atoms with E-state index in [1.165, 1.54) is 17.0 Å². The molecule has 0 aromatic heterocycles. The largest absolute Gasteiger partial charge is 0.465 e. The number of anilines is 1. The quantitative estimate of drug-likeness (QED) is 0.783. The molecule has 0 spiro atoms. The number of fused-ring (bicyclic) bond motifs is 3. The summed E-state index contributed by atoms with van der Waals surface area (Å²) in [6, 6.07) is 11.6. The molecule has 1 amide bonds. The van der Waals surface area contributed by atoms with Gasteiger partial charge in [-0.2, -0.15) is 0 Å². The van der Waals surface area contributed by atoms with Crippen molar-refractivity contribution in [2.24, 2.45) is 5.92 Å².